The van der Waals surface area contributed by atoms with Crippen LogP contribution in [0.2, 0.25) is 0 Å². The first-order valence-electron chi connectivity index (χ1n) is 36.7. The molecule has 82 heavy (non-hydrogen) atoms. The molecule has 0 aliphatic heterocycles. The SMILES string of the molecule is CCCCCCC/C=C\C/C=C\CCCCCCCCCCCCCCCCCCCCCCCCCCCCCCCC(=O)NC(COP(=O)([O-])OCC[N+](C)(C)C)C(O)CCCCCCCCCCCCCCCCCCCCC. The molecule has 0 aliphatic carbocycles. The number of carbonyl (C=O) groups is 1. The highest BCUT2D eigenvalue weighted by molar-refractivity contribution is 7.45. The van der Waals surface area contributed by atoms with Crippen molar-refractivity contribution in [3.63, 3.8) is 0 Å². The average Bonchev–Trinajstić information content (AvgIpc) is 3.47. The number of unbranched alkanes of at least 4 members (excludes halogenated alkanes) is 52. The van der Waals surface area contributed by atoms with E-state index in [4.69, 9.17) is 9.05 Å². The largest absolute Gasteiger partial charge is 0.756 e. The number of nitrogens with zero attached hydrogens (tertiary/aromatic N) is 1. The van der Waals surface area contributed by atoms with Gasteiger partial charge in [0.15, 0.2) is 0 Å². The zero-order valence-electron chi connectivity index (χ0n) is 56.0. The van der Waals surface area contributed by atoms with E-state index in [1.165, 1.54) is 315 Å². The van der Waals surface area contributed by atoms with Crippen LogP contribution in [0.15, 0.2) is 24.3 Å². The van der Waals surface area contributed by atoms with Gasteiger partial charge in [0.2, 0.25) is 5.91 Å². The number of nitrogens with one attached hydrogen (secondary N) is 1. The van der Waals surface area contributed by atoms with Gasteiger partial charge in [0.1, 0.15) is 13.2 Å². The van der Waals surface area contributed by atoms with Crippen molar-refractivity contribution in [1.82, 2.24) is 5.32 Å². The fourth-order valence-corrected chi connectivity index (χ4v) is 12.2. The molecule has 9 heteroatoms. The van der Waals surface area contributed by atoms with Crippen LogP contribution < -0.4 is 10.2 Å². The van der Waals surface area contributed by atoms with E-state index < -0.39 is 20.0 Å². The van der Waals surface area contributed by atoms with Gasteiger partial charge in [0, 0.05) is 6.42 Å². The lowest BCUT2D eigenvalue weighted by Crippen LogP contribution is -2.46. The number of carbonyl (C=O) groups excluding carboxylic acids is 1. The van der Waals surface area contributed by atoms with Gasteiger partial charge in [0.25, 0.3) is 7.82 Å². The van der Waals surface area contributed by atoms with Crippen LogP contribution in [-0.4, -0.2) is 68.5 Å². The Labute approximate surface area is 513 Å². The smallest absolute Gasteiger partial charge is 0.268 e. The Kier molecular flexibility index (Phi) is 63.7. The number of amides is 1. The second kappa shape index (κ2) is 64.5. The molecule has 0 spiro atoms. The second-order valence-electron chi connectivity index (χ2n) is 26.7. The molecule has 0 fully saturated rings. The fourth-order valence-electron chi connectivity index (χ4n) is 11.5. The van der Waals surface area contributed by atoms with E-state index in [1.54, 1.807) is 0 Å². The van der Waals surface area contributed by atoms with E-state index in [9.17, 15) is 19.4 Å². The number of rotatable bonds is 69. The second-order valence-corrected chi connectivity index (χ2v) is 28.1. The predicted molar refractivity (Wildman–Crippen MR) is 358 cm³/mol. The van der Waals surface area contributed by atoms with Crippen LogP contribution in [0, 0.1) is 0 Å². The molecule has 0 aromatic heterocycles. The number of aliphatic hydroxyl groups excluding tert-OH is 1. The number of hydrogen-bond donors (Lipinski definition) is 2. The number of phosphoric ester groups is 1. The molecule has 0 saturated carbocycles. The number of aliphatic hydroxyl groups is 1. The van der Waals surface area contributed by atoms with Gasteiger partial charge in [-0.1, -0.05) is 359 Å². The molecule has 1 amide bonds. The molecular formula is C73H145N2O6P. The van der Waals surface area contributed by atoms with Crippen LogP contribution in [0.5, 0.6) is 0 Å². The molecule has 0 rings (SSSR count). The van der Waals surface area contributed by atoms with Gasteiger partial charge in [-0.15, -0.1) is 0 Å². The first-order chi connectivity index (χ1) is 40.0. The van der Waals surface area contributed by atoms with Crippen molar-refractivity contribution in [2.24, 2.45) is 0 Å². The topological polar surface area (TPSA) is 108 Å². The van der Waals surface area contributed by atoms with E-state index in [1.807, 2.05) is 21.1 Å². The normalized spacial score (nSPS) is 13.7. The van der Waals surface area contributed by atoms with E-state index in [2.05, 4.69) is 43.5 Å². The van der Waals surface area contributed by atoms with E-state index >= 15 is 0 Å². The Morgan fingerprint density at radius 1 is 0.427 bits per heavy atom. The summed E-state index contributed by atoms with van der Waals surface area (Å²) in [7, 11) is 1.33. The Balaban J connectivity index is 3.84. The van der Waals surface area contributed by atoms with E-state index in [0.29, 0.717) is 23.9 Å². The first-order valence-corrected chi connectivity index (χ1v) is 38.1. The zero-order valence-corrected chi connectivity index (χ0v) is 56.9. The van der Waals surface area contributed by atoms with Crippen molar-refractivity contribution in [3.8, 4) is 0 Å². The van der Waals surface area contributed by atoms with Gasteiger partial charge in [-0.25, -0.2) is 0 Å². The molecule has 0 aliphatic rings. The lowest BCUT2D eigenvalue weighted by molar-refractivity contribution is -0.870. The Hall–Kier alpha value is -1.02. The molecule has 8 nitrogen and oxygen atoms in total. The Morgan fingerprint density at radius 3 is 1.01 bits per heavy atom. The van der Waals surface area contributed by atoms with E-state index in [0.717, 1.165) is 44.9 Å². The quantitative estimate of drug-likeness (QED) is 0.0272. The summed E-state index contributed by atoms with van der Waals surface area (Å²) in [5.41, 5.74) is 0. The van der Waals surface area contributed by atoms with E-state index in [-0.39, 0.29) is 19.1 Å². The first kappa shape index (κ1) is 81.0. The minimum absolute atomic E-state index is 0.0157. The summed E-state index contributed by atoms with van der Waals surface area (Å²) in [6, 6.07) is -0.798. The molecule has 488 valence electrons. The number of allylic oxidation sites excluding steroid dienone is 4. The van der Waals surface area contributed by atoms with Gasteiger partial charge in [0.05, 0.1) is 39.9 Å². The highest BCUT2D eigenvalue weighted by atomic mass is 31.2. The minimum atomic E-state index is -4.57. The maximum Gasteiger partial charge on any atom is 0.268 e. The number of phosphoric acid groups is 1. The summed E-state index contributed by atoms with van der Waals surface area (Å²) in [4.78, 5) is 25.6. The molecule has 0 saturated heterocycles. The highest BCUT2D eigenvalue weighted by Crippen LogP contribution is 2.38. The lowest BCUT2D eigenvalue weighted by atomic mass is 10.0. The summed E-state index contributed by atoms with van der Waals surface area (Å²) in [6.45, 7) is 4.77. The third kappa shape index (κ3) is 66.5. The minimum Gasteiger partial charge on any atom is -0.756 e. The third-order valence-corrected chi connectivity index (χ3v) is 18.2. The maximum atomic E-state index is 13.1. The molecular weight excluding hydrogens is 1030 g/mol. The van der Waals surface area contributed by atoms with Crippen LogP contribution in [0.3, 0.4) is 0 Å². The van der Waals surface area contributed by atoms with Crippen molar-refractivity contribution in [3.05, 3.63) is 24.3 Å². The predicted octanol–water partition coefficient (Wildman–Crippen LogP) is 22.8. The van der Waals surface area contributed by atoms with Crippen LogP contribution >= 0.6 is 7.82 Å². The van der Waals surface area contributed by atoms with Crippen molar-refractivity contribution < 1.29 is 32.9 Å². The average molecular weight is 1180 g/mol. The van der Waals surface area contributed by atoms with Crippen molar-refractivity contribution in [2.45, 2.75) is 398 Å². The number of likely N-dealkylation sites (N-methyl/N-ethyl adjacent to an activating group) is 1. The third-order valence-electron chi connectivity index (χ3n) is 17.2. The van der Waals surface area contributed by atoms with Gasteiger partial charge in [-0.2, -0.15) is 0 Å². The fraction of sp³-hybridized carbons (Fsp3) is 0.932. The van der Waals surface area contributed by atoms with Crippen LogP contribution in [0.4, 0.5) is 0 Å². The summed E-state index contributed by atoms with van der Waals surface area (Å²) >= 11 is 0. The summed E-state index contributed by atoms with van der Waals surface area (Å²) in [5.74, 6) is -0.155. The van der Waals surface area contributed by atoms with Crippen LogP contribution in [-0.2, 0) is 18.4 Å². The molecule has 0 bridgehead atoms. The summed E-state index contributed by atoms with van der Waals surface area (Å²) in [5, 5.41) is 14.1. The van der Waals surface area contributed by atoms with Crippen molar-refractivity contribution in [2.75, 3.05) is 40.9 Å². The Morgan fingerprint density at radius 2 is 0.707 bits per heavy atom. The molecule has 0 aromatic rings. The number of hydrogen-bond acceptors (Lipinski definition) is 6. The van der Waals surface area contributed by atoms with Crippen molar-refractivity contribution in [1.29, 1.82) is 0 Å². The maximum absolute atomic E-state index is 13.1. The molecule has 2 N–H and O–H groups in total. The van der Waals surface area contributed by atoms with Crippen LogP contribution in [0.1, 0.15) is 386 Å². The lowest BCUT2D eigenvalue weighted by Gasteiger charge is -2.30. The molecule has 0 radical (unpaired) electrons. The van der Waals surface area contributed by atoms with Gasteiger partial charge >= 0.3 is 0 Å². The Bertz CT molecular complexity index is 1390. The van der Waals surface area contributed by atoms with Crippen LogP contribution in [0.25, 0.3) is 0 Å². The summed E-state index contributed by atoms with van der Waals surface area (Å²) in [6.07, 6.45) is 84.2. The molecule has 3 unspecified atom stereocenters. The van der Waals surface area contributed by atoms with Gasteiger partial charge in [-0.3, -0.25) is 9.36 Å². The monoisotopic (exact) mass is 1180 g/mol. The standard InChI is InChI=1S/C73H145N2O6P/c1-6-8-10-12-14-16-18-20-22-24-26-27-28-29-30-31-32-33-34-35-36-37-38-39-40-41-42-43-44-45-46-47-49-51-53-55-57-59-61-63-65-67-73(77)74-71(70-81-82(78,79)80-69-68-75(3,4)5)72(76)66-64-62-60-58-56-54-52-50-48-25-23-21-19-17-15-13-11-9-7-2/h18,20,24,26,71-72,76H,6-17,19,21-23,25,27-70H2,1-5H3,(H-,74,77,78,79)/b20-18-,26-24-. The van der Waals surface area contributed by atoms with Gasteiger partial charge in [-0.05, 0) is 44.9 Å². The number of quaternary nitrogens is 1. The molecule has 0 aromatic carbocycles. The summed E-state index contributed by atoms with van der Waals surface area (Å²) < 4.78 is 23.5. The van der Waals surface area contributed by atoms with Crippen molar-refractivity contribution >= 4 is 13.7 Å². The zero-order chi connectivity index (χ0) is 59.8. The van der Waals surface area contributed by atoms with Gasteiger partial charge < -0.3 is 28.8 Å². The molecule has 0 heterocycles. The highest BCUT2D eigenvalue weighted by Gasteiger charge is 2.24. The molecule has 3 atom stereocenters.